The zero-order chi connectivity index (χ0) is 22.4. The molecule has 2 N–H and O–H groups in total. The Morgan fingerprint density at radius 2 is 1.81 bits per heavy atom. The summed E-state index contributed by atoms with van der Waals surface area (Å²) >= 11 is 0. The average molecular weight is 449 g/mol. The van der Waals surface area contributed by atoms with Gasteiger partial charge in [-0.3, -0.25) is 9.59 Å². The molecule has 0 spiro atoms. The molecule has 1 atom stereocenters. The second kappa shape index (κ2) is 9.75. The van der Waals surface area contributed by atoms with E-state index in [0.717, 1.165) is 12.8 Å². The quantitative estimate of drug-likeness (QED) is 0.581. The van der Waals surface area contributed by atoms with Crippen molar-refractivity contribution in [3.63, 3.8) is 0 Å². The summed E-state index contributed by atoms with van der Waals surface area (Å²) in [6.45, 7) is 1.87. The molecule has 1 aliphatic rings. The van der Waals surface area contributed by atoms with E-state index in [4.69, 9.17) is 9.15 Å². The van der Waals surface area contributed by atoms with Crippen LogP contribution >= 0.6 is 0 Å². The van der Waals surface area contributed by atoms with Crippen molar-refractivity contribution in [2.24, 2.45) is 0 Å². The zero-order valence-electron chi connectivity index (χ0n) is 16.9. The molecule has 0 saturated carbocycles. The summed E-state index contributed by atoms with van der Waals surface area (Å²) in [7, 11) is -3.53. The van der Waals surface area contributed by atoms with Gasteiger partial charge in [-0.1, -0.05) is 0 Å². The van der Waals surface area contributed by atoms with Crippen molar-refractivity contribution in [1.82, 2.24) is 9.62 Å². The van der Waals surface area contributed by atoms with Crippen molar-refractivity contribution in [3.05, 3.63) is 48.4 Å². The third kappa shape index (κ3) is 5.70. The first-order chi connectivity index (χ1) is 14.8. The van der Waals surface area contributed by atoms with E-state index in [1.165, 1.54) is 53.9 Å². The summed E-state index contributed by atoms with van der Waals surface area (Å²) in [6.07, 6.45) is 3.02. The van der Waals surface area contributed by atoms with E-state index in [9.17, 15) is 22.8 Å². The van der Waals surface area contributed by atoms with Gasteiger partial charge in [0.2, 0.25) is 10.0 Å². The van der Waals surface area contributed by atoms with E-state index >= 15 is 0 Å². The van der Waals surface area contributed by atoms with Crippen LogP contribution < -0.4 is 10.6 Å². The minimum atomic E-state index is -3.53. The molecule has 0 radical (unpaired) electrons. The van der Waals surface area contributed by atoms with Gasteiger partial charge in [-0.05, 0) is 56.2 Å². The number of carbonyl (C=O) groups excluding carboxylic acids is 3. The van der Waals surface area contributed by atoms with Crippen LogP contribution in [-0.4, -0.2) is 56.2 Å². The number of sulfonamides is 1. The predicted octanol–water partition coefficient (Wildman–Crippen LogP) is 1.36. The molecule has 1 fully saturated rings. The molecule has 31 heavy (non-hydrogen) atoms. The summed E-state index contributed by atoms with van der Waals surface area (Å²) < 4.78 is 36.3. The number of carbonyl (C=O) groups is 3. The molecule has 0 aliphatic carbocycles. The minimum Gasteiger partial charge on any atom is -0.459 e. The van der Waals surface area contributed by atoms with E-state index in [1.54, 1.807) is 0 Å². The Balaban J connectivity index is 1.47. The number of nitrogens with one attached hydrogen (secondary N) is 2. The summed E-state index contributed by atoms with van der Waals surface area (Å²) in [5, 5.41) is 4.92. The second-order valence-electron chi connectivity index (χ2n) is 6.96. The lowest BCUT2D eigenvalue weighted by Crippen LogP contribution is -2.40. The van der Waals surface area contributed by atoms with Gasteiger partial charge in [0.1, 0.15) is 6.04 Å². The number of hydrogen-bond donors (Lipinski definition) is 2. The smallest absolute Gasteiger partial charge is 0.328 e. The number of esters is 1. The van der Waals surface area contributed by atoms with Gasteiger partial charge in [0.15, 0.2) is 12.4 Å². The maximum absolute atomic E-state index is 12.5. The first-order valence-electron chi connectivity index (χ1n) is 9.68. The fraction of sp³-hybridized carbons (Fsp3) is 0.350. The Bertz CT molecular complexity index is 1030. The van der Waals surface area contributed by atoms with E-state index in [2.05, 4.69) is 10.6 Å². The molecule has 2 amide bonds. The topological polar surface area (TPSA) is 135 Å². The molecule has 166 valence electrons. The average Bonchev–Trinajstić information content (AvgIpc) is 3.46. The lowest BCUT2D eigenvalue weighted by molar-refractivity contribution is -0.148. The molecule has 0 bridgehead atoms. The molecule has 3 rings (SSSR count). The van der Waals surface area contributed by atoms with Crippen LogP contribution in [0.4, 0.5) is 5.69 Å². The second-order valence-corrected chi connectivity index (χ2v) is 8.90. The predicted molar refractivity (Wildman–Crippen MR) is 110 cm³/mol. The van der Waals surface area contributed by atoms with Crippen molar-refractivity contribution in [3.8, 4) is 0 Å². The van der Waals surface area contributed by atoms with Crippen molar-refractivity contribution < 1.29 is 32.0 Å². The third-order valence-electron chi connectivity index (χ3n) is 4.63. The van der Waals surface area contributed by atoms with E-state index in [1.807, 2.05) is 0 Å². The van der Waals surface area contributed by atoms with Crippen LogP contribution in [0.3, 0.4) is 0 Å². The van der Waals surface area contributed by atoms with Crippen LogP contribution in [0.25, 0.3) is 0 Å². The van der Waals surface area contributed by atoms with Crippen LogP contribution in [0, 0.1) is 0 Å². The van der Waals surface area contributed by atoms with Gasteiger partial charge in [-0.15, -0.1) is 0 Å². The van der Waals surface area contributed by atoms with Gasteiger partial charge in [-0.2, -0.15) is 4.31 Å². The highest BCUT2D eigenvalue weighted by Crippen LogP contribution is 2.22. The Labute approximate surface area is 179 Å². The Morgan fingerprint density at radius 1 is 1.13 bits per heavy atom. The summed E-state index contributed by atoms with van der Waals surface area (Å²) in [5.74, 6) is -1.93. The maximum atomic E-state index is 12.5. The van der Waals surface area contributed by atoms with Crippen LogP contribution in [0.2, 0.25) is 0 Å². The highest BCUT2D eigenvalue weighted by molar-refractivity contribution is 7.89. The maximum Gasteiger partial charge on any atom is 0.328 e. The van der Waals surface area contributed by atoms with Crippen LogP contribution in [0.5, 0.6) is 0 Å². The number of furan rings is 1. The third-order valence-corrected chi connectivity index (χ3v) is 6.55. The molecule has 1 aliphatic heterocycles. The molecule has 2 heterocycles. The van der Waals surface area contributed by atoms with Crippen LogP contribution in [0.15, 0.2) is 52.0 Å². The number of anilines is 1. The van der Waals surface area contributed by atoms with Crippen molar-refractivity contribution in [2.75, 3.05) is 25.0 Å². The molecule has 10 nitrogen and oxygen atoms in total. The van der Waals surface area contributed by atoms with Crippen LogP contribution in [0.1, 0.15) is 30.3 Å². The molecule has 1 aromatic heterocycles. The highest BCUT2D eigenvalue weighted by Gasteiger charge is 2.27. The first-order valence-corrected chi connectivity index (χ1v) is 11.1. The standard InChI is InChI=1S/C20H23N3O7S/c1-14(21-19(25)17-5-4-12-29-17)20(26)30-13-18(24)22-15-6-8-16(9-7-15)31(27,28)23-10-2-3-11-23/h4-9,12,14H,2-3,10-11,13H2,1H3,(H,21,25)(H,22,24)/t14-/m1/s1. The number of rotatable bonds is 8. The lowest BCUT2D eigenvalue weighted by atomic mass is 10.3. The van der Waals surface area contributed by atoms with Gasteiger partial charge in [0.25, 0.3) is 11.8 Å². The number of hydrogen-bond acceptors (Lipinski definition) is 7. The summed E-state index contributed by atoms with van der Waals surface area (Å²) in [6, 6.07) is 7.77. The molecule has 1 saturated heterocycles. The van der Waals surface area contributed by atoms with Gasteiger partial charge in [0.05, 0.1) is 11.2 Å². The molecule has 2 aromatic rings. The molecular weight excluding hydrogens is 426 g/mol. The van der Waals surface area contributed by atoms with Crippen molar-refractivity contribution in [2.45, 2.75) is 30.7 Å². The molecule has 0 unspecified atom stereocenters. The number of benzene rings is 1. The molecule has 1 aromatic carbocycles. The monoisotopic (exact) mass is 449 g/mol. The molecule has 11 heteroatoms. The largest absolute Gasteiger partial charge is 0.459 e. The zero-order valence-corrected chi connectivity index (χ0v) is 17.7. The Kier molecular flexibility index (Phi) is 7.08. The van der Waals surface area contributed by atoms with Gasteiger partial charge in [0, 0.05) is 18.8 Å². The fourth-order valence-electron chi connectivity index (χ4n) is 2.98. The Hall–Kier alpha value is -3.18. The van der Waals surface area contributed by atoms with Gasteiger partial charge >= 0.3 is 5.97 Å². The molecular formula is C20H23N3O7S. The Morgan fingerprint density at radius 3 is 2.42 bits per heavy atom. The lowest BCUT2D eigenvalue weighted by Gasteiger charge is -2.16. The fourth-order valence-corrected chi connectivity index (χ4v) is 4.50. The van der Waals surface area contributed by atoms with Gasteiger partial charge < -0.3 is 19.8 Å². The first kappa shape index (κ1) is 22.5. The van der Waals surface area contributed by atoms with Crippen LogP contribution in [-0.2, 0) is 24.3 Å². The normalized spacial score (nSPS) is 15.3. The SMILES string of the molecule is C[C@@H](NC(=O)c1ccco1)C(=O)OCC(=O)Nc1ccc(S(=O)(=O)N2CCCC2)cc1. The highest BCUT2D eigenvalue weighted by atomic mass is 32.2. The number of ether oxygens (including phenoxy) is 1. The van der Waals surface area contributed by atoms with Gasteiger partial charge in [-0.25, -0.2) is 13.2 Å². The number of nitrogens with zero attached hydrogens (tertiary/aromatic N) is 1. The van der Waals surface area contributed by atoms with E-state index in [-0.39, 0.29) is 10.7 Å². The van der Waals surface area contributed by atoms with Crippen molar-refractivity contribution >= 4 is 33.5 Å². The summed E-state index contributed by atoms with van der Waals surface area (Å²) in [4.78, 5) is 36.0. The van der Waals surface area contributed by atoms with E-state index in [0.29, 0.717) is 18.8 Å². The summed E-state index contributed by atoms with van der Waals surface area (Å²) in [5.41, 5.74) is 0.362. The van der Waals surface area contributed by atoms with Crippen molar-refractivity contribution in [1.29, 1.82) is 0 Å². The van der Waals surface area contributed by atoms with E-state index < -0.39 is 40.5 Å². The number of amides is 2. The minimum absolute atomic E-state index is 0.0487.